The average molecular weight is 263 g/mol. The second-order valence-corrected chi connectivity index (χ2v) is 5.30. The van der Waals surface area contributed by atoms with Crippen molar-refractivity contribution in [3.05, 3.63) is 47.3 Å². The lowest BCUT2D eigenvalue weighted by Crippen LogP contribution is -1.94. The Kier molecular flexibility index (Phi) is 2.78. The molecule has 3 rings (SSSR count). The smallest absolute Gasteiger partial charge is 0.0912 e. The Morgan fingerprint density at radius 1 is 0.900 bits per heavy atom. The summed E-state index contributed by atoms with van der Waals surface area (Å²) >= 11 is 0. The van der Waals surface area contributed by atoms with Gasteiger partial charge in [0.2, 0.25) is 0 Å². The number of aryl methyl sites for hydroxylation is 2. The highest BCUT2D eigenvalue weighted by atomic mass is 14.8. The molecule has 0 saturated heterocycles. The monoisotopic (exact) mass is 263 g/mol. The first kappa shape index (κ1) is 12.7. The molecule has 3 nitrogen and oxygen atoms in total. The molecule has 100 valence electrons. The first-order valence-electron chi connectivity index (χ1n) is 6.68. The maximum atomic E-state index is 4.69. The molecule has 0 fully saturated rings. The third-order valence-electron chi connectivity index (χ3n) is 3.79. The van der Waals surface area contributed by atoms with Crippen molar-refractivity contribution < 1.29 is 0 Å². The predicted octanol–water partition coefficient (Wildman–Crippen LogP) is 4.31. The van der Waals surface area contributed by atoms with Crippen molar-refractivity contribution in [3.8, 4) is 0 Å². The van der Waals surface area contributed by atoms with Crippen LogP contribution in [-0.2, 0) is 0 Å². The maximum Gasteiger partial charge on any atom is 0.0912 e. The Bertz CT molecular complexity index is 811. The molecular formula is C17H17N3. The average Bonchev–Trinajstić information content (AvgIpc) is 2.48. The molecule has 2 aromatic rings. The number of hydrogen-bond donors (Lipinski definition) is 0. The summed E-state index contributed by atoms with van der Waals surface area (Å²) in [6.45, 7) is 12.2. The zero-order valence-electron chi connectivity index (χ0n) is 12.3. The standard InChI is InChI=1S/C17H17N3/c1-9-6-10(2)14-7-16-17(8-15(14)18-11(9)3)20-13(5)12(4)19-16/h6-8H,2H2,1,3-5H3. The van der Waals surface area contributed by atoms with Crippen LogP contribution in [0, 0.1) is 13.8 Å². The van der Waals surface area contributed by atoms with Gasteiger partial charge >= 0.3 is 0 Å². The number of rotatable bonds is 0. The van der Waals surface area contributed by atoms with Crippen LogP contribution in [0.25, 0.3) is 16.6 Å². The van der Waals surface area contributed by atoms with E-state index in [1.54, 1.807) is 0 Å². The Morgan fingerprint density at radius 2 is 1.50 bits per heavy atom. The number of hydrogen-bond acceptors (Lipinski definition) is 3. The third kappa shape index (κ3) is 1.95. The van der Waals surface area contributed by atoms with Crippen LogP contribution < -0.4 is 0 Å². The minimum Gasteiger partial charge on any atom is -0.253 e. The molecule has 0 bridgehead atoms. The first-order chi connectivity index (χ1) is 9.45. The van der Waals surface area contributed by atoms with Crippen molar-refractivity contribution in [2.45, 2.75) is 27.7 Å². The van der Waals surface area contributed by atoms with Gasteiger partial charge in [0, 0.05) is 11.3 Å². The minimum atomic E-state index is 0.885. The van der Waals surface area contributed by atoms with Gasteiger partial charge < -0.3 is 0 Å². The zero-order valence-corrected chi connectivity index (χ0v) is 12.3. The first-order valence-corrected chi connectivity index (χ1v) is 6.68. The fraction of sp³-hybridized carbons (Fsp3) is 0.235. The number of fused-ring (bicyclic) bond motifs is 2. The van der Waals surface area contributed by atoms with Gasteiger partial charge in [-0.25, -0.2) is 9.97 Å². The van der Waals surface area contributed by atoms with Crippen molar-refractivity contribution in [1.82, 2.24) is 9.97 Å². The largest absolute Gasteiger partial charge is 0.253 e. The van der Waals surface area contributed by atoms with Gasteiger partial charge in [-0.1, -0.05) is 12.7 Å². The van der Waals surface area contributed by atoms with Crippen LogP contribution in [-0.4, -0.2) is 15.7 Å². The topological polar surface area (TPSA) is 38.1 Å². The van der Waals surface area contributed by atoms with E-state index in [2.05, 4.69) is 29.5 Å². The highest BCUT2D eigenvalue weighted by molar-refractivity contribution is 6.05. The Morgan fingerprint density at radius 3 is 2.15 bits per heavy atom. The van der Waals surface area contributed by atoms with Crippen LogP contribution in [0.2, 0.25) is 0 Å². The van der Waals surface area contributed by atoms with Gasteiger partial charge in [0.1, 0.15) is 0 Å². The molecular weight excluding hydrogens is 246 g/mol. The molecule has 0 amide bonds. The summed E-state index contributed by atoms with van der Waals surface area (Å²) < 4.78 is 0. The summed E-state index contributed by atoms with van der Waals surface area (Å²) in [4.78, 5) is 13.9. The number of aromatic nitrogens is 2. The second-order valence-electron chi connectivity index (χ2n) is 5.30. The molecule has 0 atom stereocenters. The number of aliphatic imine (C=N–C) groups is 1. The Labute approximate surface area is 118 Å². The Hall–Kier alpha value is -2.29. The van der Waals surface area contributed by atoms with Gasteiger partial charge in [-0.15, -0.1) is 0 Å². The van der Waals surface area contributed by atoms with Crippen LogP contribution in [0.15, 0.2) is 35.4 Å². The van der Waals surface area contributed by atoms with E-state index in [-0.39, 0.29) is 0 Å². The lowest BCUT2D eigenvalue weighted by Gasteiger charge is -2.08. The van der Waals surface area contributed by atoms with Crippen LogP contribution in [0.4, 0.5) is 5.69 Å². The summed E-state index contributed by atoms with van der Waals surface area (Å²) in [6, 6.07) is 4.05. The Balaban J connectivity index is 2.35. The van der Waals surface area contributed by atoms with Gasteiger partial charge in [0.25, 0.3) is 0 Å². The highest BCUT2D eigenvalue weighted by Gasteiger charge is 2.13. The van der Waals surface area contributed by atoms with Crippen molar-refractivity contribution in [1.29, 1.82) is 0 Å². The lowest BCUT2D eigenvalue weighted by molar-refractivity contribution is 1.10. The van der Waals surface area contributed by atoms with E-state index in [1.165, 1.54) is 0 Å². The van der Waals surface area contributed by atoms with E-state index in [0.29, 0.717) is 0 Å². The van der Waals surface area contributed by atoms with E-state index in [4.69, 9.17) is 4.99 Å². The SMILES string of the molecule is C=C1C=C(C)C(C)=Nc2cc3nc(C)c(C)nc3cc21. The normalized spacial score (nSPS) is 14.7. The summed E-state index contributed by atoms with van der Waals surface area (Å²) in [5, 5.41) is 0. The molecule has 1 aliphatic rings. The molecule has 0 radical (unpaired) electrons. The molecule has 1 aliphatic heterocycles. The van der Waals surface area contributed by atoms with Gasteiger partial charge in [-0.2, -0.15) is 0 Å². The summed E-state index contributed by atoms with van der Waals surface area (Å²) in [5.41, 5.74) is 8.79. The van der Waals surface area contributed by atoms with E-state index < -0.39 is 0 Å². The van der Waals surface area contributed by atoms with Crippen LogP contribution in [0.1, 0.15) is 30.8 Å². The molecule has 2 heterocycles. The molecule has 0 spiro atoms. The highest BCUT2D eigenvalue weighted by Crippen LogP contribution is 2.33. The molecule has 0 unspecified atom stereocenters. The lowest BCUT2D eigenvalue weighted by atomic mass is 10.0. The van der Waals surface area contributed by atoms with Gasteiger partial charge in [-0.3, -0.25) is 4.99 Å². The third-order valence-corrected chi connectivity index (χ3v) is 3.79. The van der Waals surface area contributed by atoms with E-state index in [9.17, 15) is 0 Å². The second kappa shape index (κ2) is 4.37. The van der Waals surface area contributed by atoms with Crippen molar-refractivity contribution in [2.75, 3.05) is 0 Å². The molecule has 0 N–H and O–H groups in total. The number of benzene rings is 1. The van der Waals surface area contributed by atoms with Crippen molar-refractivity contribution in [3.63, 3.8) is 0 Å². The molecule has 3 heteroatoms. The number of allylic oxidation sites excluding steroid dienone is 3. The molecule has 0 saturated carbocycles. The van der Waals surface area contributed by atoms with Crippen LogP contribution in [0.3, 0.4) is 0 Å². The molecule has 1 aromatic carbocycles. The summed E-state index contributed by atoms with van der Waals surface area (Å²) in [6.07, 6.45) is 2.07. The predicted molar refractivity (Wildman–Crippen MR) is 84.6 cm³/mol. The zero-order chi connectivity index (χ0) is 14.4. The molecule has 1 aromatic heterocycles. The van der Waals surface area contributed by atoms with E-state index >= 15 is 0 Å². The fourth-order valence-corrected chi connectivity index (χ4v) is 2.33. The van der Waals surface area contributed by atoms with E-state index in [1.807, 2.05) is 32.9 Å². The van der Waals surface area contributed by atoms with Crippen molar-refractivity contribution >= 4 is 28.0 Å². The van der Waals surface area contributed by atoms with Crippen molar-refractivity contribution in [2.24, 2.45) is 4.99 Å². The molecule has 20 heavy (non-hydrogen) atoms. The van der Waals surface area contributed by atoms with Gasteiger partial charge in [0.05, 0.1) is 28.1 Å². The van der Waals surface area contributed by atoms with E-state index in [0.717, 1.165) is 50.5 Å². The minimum absolute atomic E-state index is 0.885. The summed E-state index contributed by atoms with van der Waals surface area (Å²) in [7, 11) is 0. The quantitative estimate of drug-likeness (QED) is 0.710. The fourth-order valence-electron chi connectivity index (χ4n) is 2.33. The maximum absolute atomic E-state index is 4.69. The number of nitrogens with zero attached hydrogens (tertiary/aromatic N) is 3. The van der Waals surface area contributed by atoms with Gasteiger partial charge in [-0.05, 0) is 51.0 Å². The van der Waals surface area contributed by atoms with Gasteiger partial charge in [0.15, 0.2) is 0 Å². The van der Waals surface area contributed by atoms with Crippen LogP contribution >= 0.6 is 0 Å². The summed E-state index contributed by atoms with van der Waals surface area (Å²) in [5.74, 6) is 0. The van der Waals surface area contributed by atoms with Crippen LogP contribution in [0.5, 0.6) is 0 Å². The molecule has 0 aliphatic carbocycles.